The third-order valence-corrected chi connectivity index (χ3v) is 4.95. The van der Waals surface area contributed by atoms with Crippen molar-refractivity contribution >= 4 is 29.9 Å². The van der Waals surface area contributed by atoms with E-state index >= 15 is 0 Å². The number of rotatable bonds is 5. The van der Waals surface area contributed by atoms with Crippen molar-refractivity contribution in [2.45, 2.75) is 70.9 Å². The van der Waals surface area contributed by atoms with Crippen molar-refractivity contribution in [3.63, 3.8) is 0 Å². The molecule has 3 rings (SSSR count). The van der Waals surface area contributed by atoms with E-state index in [0.717, 1.165) is 43.5 Å². The number of guanidine groups is 1. The number of allylic oxidation sites excluding steroid dienone is 1. The molecule has 25 heavy (non-hydrogen) atoms. The van der Waals surface area contributed by atoms with E-state index in [1.165, 1.54) is 44.9 Å². The van der Waals surface area contributed by atoms with Crippen LogP contribution in [0.15, 0.2) is 16.6 Å². The predicted molar refractivity (Wildman–Crippen MR) is 112 cm³/mol. The minimum Gasteiger partial charge on any atom is -0.356 e. The first kappa shape index (κ1) is 20.2. The molecule has 0 spiro atoms. The van der Waals surface area contributed by atoms with Crippen LogP contribution in [0, 0.1) is 0 Å². The van der Waals surface area contributed by atoms with E-state index in [1.54, 1.807) is 5.57 Å². The predicted octanol–water partition coefficient (Wildman–Crippen LogP) is 3.18. The molecule has 1 aromatic heterocycles. The number of aromatic nitrogens is 3. The molecule has 0 saturated carbocycles. The third-order valence-electron chi connectivity index (χ3n) is 4.95. The fourth-order valence-corrected chi connectivity index (χ4v) is 3.53. The highest BCUT2D eigenvalue weighted by atomic mass is 127. The lowest BCUT2D eigenvalue weighted by atomic mass is 9.97. The lowest BCUT2D eigenvalue weighted by Crippen LogP contribution is -2.38. The van der Waals surface area contributed by atoms with Gasteiger partial charge in [0, 0.05) is 26.6 Å². The molecule has 6 nitrogen and oxygen atoms in total. The van der Waals surface area contributed by atoms with E-state index in [4.69, 9.17) is 0 Å². The minimum atomic E-state index is 0. The first-order chi connectivity index (χ1) is 11.9. The monoisotopic (exact) mass is 458 g/mol. The molecule has 0 saturated heterocycles. The number of aryl methyl sites for hydroxylation is 1. The topological polar surface area (TPSA) is 67.1 Å². The summed E-state index contributed by atoms with van der Waals surface area (Å²) in [5.41, 5.74) is 1.59. The highest BCUT2D eigenvalue weighted by molar-refractivity contribution is 14.0. The zero-order chi connectivity index (χ0) is 16.6. The van der Waals surface area contributed by atoms with E-state index in [2.05, 4.69) is 36.5 Å². The fraction of sp³-hybridized carbons (Fsp3) is 0.722. The summed E-state index contributed by atoms with van der Waals surface area (Å²) in [6, 6.07) is 0. The summed E-state index contributed by atoms with van der Waals surface area (Å²) in [5.74, 6) is 3.00. The van der Waals surface area contributed by atoms with E-state index in [9.17, 15) is 0 Å². The van der Waals surface area contributed by atoms with Gasteiger partial charge in [-0.15, -0.1) is 34.2 Å². The number of fused-ring (bicyclic) bond motifs is 1. The van der Waals surface area contributed by atoms with Gasteiger partial charge in [-0.1, -0.05) is 18.1 Å². The van der Waals surface area contributed by atoms with Crippen LogP contribution >= 0.6 is 24.0 Å². The van der Waals surface area contributed by atoms with Crippen LogP contribution in [-0.4, -0.2) is 34.3 Å². The molecule has 1 aliphatic carbocycles. The van der Waals surface area contributed by atoms with Crippen molar-refractivity contribution < 1.29 is 0 Å². The van der Waals surface area contributed by atoms with Gasteiger partial charge >= 0.3 is 0 Å². The van der Waals surface area contributed by atoms with Crippen molar-refractivity contribution in [1.29, 1.82) is 0 Å². The van der Waals surface area contributed by atoms with Crippen molar-refractivity contribution in [2.24, 2.45) is 4.99 Å². The molecule has 0 unspecified atom stereocenters. The molecular weight excluding hydrogens is 427 g/mol. The van der Waals surface area contributed by atoms with Gasteiger partial charge in [-0.25, -0.2) is 0 Å². The number of hydrogen-bond donors (Lipinski definition) is 2. The van der Waals surface area contributed by atoms with E-state index < -0.39 is 0 Å². The number of halogens is 1. The Bertz CT molecular complexity index is 592. The molecule has 1 aliphatic heterocycles. The summed E-state index contributed by atoms with van der Waals surface area (Å²) < 4.78 is 2.28. The number of nitrogens with one attached hydrogen (secondary N) is 2. The third kappa shape index (κ3) is 5.97. The van der Waals surface area contributed by atoms with Crippen molar-refractivity contribution in [1.82, 2.24) is 25.4 Å². The van der Waals surface area contributed by atoms with Crippen molar-refractivity contribution in [2.75, 3.05) is 13.6 Å². The lowest BCUT2D eigenvalue weighted by molar-refractivity contribution is 0.596. The van der Waals surface area contributed by atoms with Gasteiger partial charge in [-0.05, 0) is 44.9 Å². The molecule has 2 aliphatic rings. The average Bonchev–Trinajstić information content (AvgIpc) is 2.85. The van der Waals surface area contributed by atoms with Gasteiger partial charge in [0.25, 0.3) is 0 Å². The van der Waals surface area contributed by atoms with Crippen LogP contribution in [-0.2, 0) is 19.5 Å². The van der Waals surface area contributed by atoms with Gasteiger partial charge < -0.3 is 15.2 Å². The summed E-state index contributed by atoms with van der Waals surface area (Å²) in [4.78, 5) is 4.32. The molecule has 0 atom stereocenters. The highest BCUT2D eigenvalue weighted by Crippen LogP contribution is 2.19. The second-order valence-corrected chi connectivity index (χ2v) is 6.71. The van der Waals surface area contributed by atoms with Crippen LogP contribution < -0.4 is 10.6 Å². The van der Waals surface area contributed by atoms with E-state index in [0.29, 0.717) is 6.54 Å². The minimum absolute atomic E-state index is 0. The first-order valence-corrected chi connectivity index (χ1v) is 9.40. The molecule has 0 bridgehead atoms. The molecular formula is C18H31IN6. The fourth-order valence-electron chi connectivity index (χ4n) is 3.53. The Hall–Kier alpha value is -1.12. The maximum absolute atomic E-state index is 4.36. The molecule has 0 aromatic carbocycles. The normalized spacial score (nSPS) is 17.8. The molecule has 0 fully saturated rings. The summed E-state index contributed by atoms with van der Waals surface area (Å²) in [5, 5.41) is 15.5. The van der Waals surface area contributed by atoms with Crippen LogP contribution in [0.5, 0.6) is 0 Å². The summed E-state index contributed by atoms with van der Waals surface area (Å²) in [6.07, 6.45) is 13.5. The molecule has 2 heterocycles. The molecule has 0 radical (unpaired) electrons. The van der Waals surface area contributed by atoms with Crippen molar-refractivity contribution in [3.8, 4) is 0 Å². The zero-order valence-corrected chi connectivity index (χ0v) is 17.6. The summed E-state index contributed by atoms with van der Waals surface area (Å²) in [6.45, 7) is 2.65. The largest absolute Gasteiger partial charge is 0.356 e. The van der Waals surface area contributed by atoms with Crippen LogP contribution in [0.2, 0.25) is 0 Å². The Labute approximate surface area is 168 Å². The van der Waals surface area contributed by atoms with Crippen molar-refractivity contribution in [3.05, 3.63) is 23.3 Å². The van der Waals surface area contributed by atoms with Gasteiger partial charge in [-0.3, -0.25) is 4.99 Å². The SMILES string of the molecule is CN=C(NCCC1=CCCCC1)NCc1nnc2n1CCCCC2.I. The lowest BCUT2D eigenvalue weighted by Gasteiger charge is -2.15. The van der Waals surface area contributed by atoms with Crippen LogP contribution in [0.4, 0.5) is 0 Å². The van der Waals surface area contributed by atoms with Gasteiger partial charge in [0.05, 0.1) is 6.54 Å². The first-order valence-electron chi connectivity index (χ1n) is 9.40. The Kier molecular flexibility index (Phi) is 8.71. The molecule has 1 aromatic rings. The Balaban J connectivity index is 0.00000225. The average molecular weight is 458 g/mol. The maximum atomic E-state index is 4.36. The molecule has 7 heteroatoms. The maximum Gasteiger partial charge on any atom is 0.191 e. The molecule has 140 valence electrons. The number of aliphatic imine (C=N–C) groups is 1. The van der Waals surface area contributed by atoms with Gasteiger partial charge in [0.1, 0.15) is 5.82 Å². The summed E-state index contributed by atoms with van der Waals surface area (Å²) >= 11 is 0. The standard InChI is InChI=1S/C18H30N6.HI/c1-19-18(20-12-11-15-8-4-2-5-9-15)21-14-17-23-22-16-10-6-3-7-13-24(16)17;/h8H,2-7,9-14H2,1H3,(H2,19,20,21);1H. The Morgan fingerprint density at radius 3 is 2.80 bits per heavy atom. The quantitative estimate of drug-likeness (QED) is 0.308. The molecule has 2 N–H and O–H groups in total. The molecule has 0 amide bonds. The zero-order valence-electron chi connectivity index (χ0n) is 15.3. The second-order valence-electron chi connectivity index (χ2n) is 6.71. The van der Waals surface area contributed by atoms with Crippen LogP contribution in [0.25, 0.3) is 0 Å². The second kappa shape index (κ2) is 10.8. The van der Waals surface area contributed by atoms with Gasteiger partial charge in [0.2, 0.25) is 0 Å². The Morgan fingerprint density at radius 1 is 1.12 bits per heavy atom. The van der Waals surface area contributed by atoms with Gasteiger partial charge in [0.15, 0.2) is 11.8 Å². The summed E-state index contributed by atoms with van der Waals surface area (Å²) in [7, 11) is 1.82. The highest BCUT2D eigenvalue weighted by Gasteiger charge is 2.14. The number of nitrogens with zero attached hydrogens (tertiary/aromatic N) is 4. The van der Waals surface area contributed by atoms with Gasteiger partial charge in [-0.2, -0.15) is 0 Å². The van der Waals surface area contributed by atoms with E-state index in [-0.39, 0.29) is 24.0 Å². The van der Waals surface area contributed by atoms with E-state index in [1.807, 2.05) is 7.05 Å². The number of hydrogen-bond acceptors (Lipinski definition) is 3. The van der Waals surface area contributed by atoms with Crippen LogP contribution in [0.1, 0.15) is 63.0 Å². The Morgan fingerprint density at radius 2 is 2.00 bits per heavy atom. The van der Waals surface area contributed by atoms with Crippen LogP contribution in [0.3, 0.4) is 0 Å². The smallest absolute Gasteiger partial charge is 0.191 e.